The molecule has 0 radical (unpaired) electrons. The molecule has 0 saturated heterocycles. The number of methoxy groups -OCH3 is 1. The lowest BCUT2D eigenvalue weighted by Crippen LogP contribution is -2.48. The van der Waals surface area contributed by atoms with Gasteiger partial charge in [-0.3, -0.25) is 29.0 Å². The van der Waals surface area contributed by atoms with Crippen LogP contribution in [0.25, 0.3) is 43.1 Å². The third-order valence-corrected chi connectivity index (χ3v) is 15.1. The van der Waals surface area contributed by atoms with Crippen LogP contribution >= 0.6 is 0 Å². The van der Waals surface area contributed by atoms with Crippen molar-refractivity contribution >= 4 is 66.7 Å². The second kappa shape index (κ2) is 27.0. The minimum Gasteiger partial charge on any atom is -0.382 e. The van der Waals surface area contributed by atoms with Crippen LogP contribution in [0.5, 0.6) is 0 Å². The Morgan fingerprint density at radius 1 is 0.403 bits per heavy atom. The molecule has 4 amide bonds. The fourth-order valence-electron chi connectivity index (χ4n) is 10.8. The molecule has 1 fully saturated rings. The second-order valence-electron chi connectivity index (χ2n) is 21.9. The van der Waals surface area contributed by atoms with Crippen molar-refractivity contribution in [2.75, 3.05) is 86.3 Å². The molecule has 1 aliphatic carbocycles. The van der Waals surface area contributed by atoms with Crippen molar-refractivity contribution in [3.05, 3.63) is 70.8 Å². The summed E-state index contributed by atoms with van der Waals surface area (Å²) in [7, 11) is 1.65. The van der Waals surface area contributed by atoms with E-state index in [0.29, 0.717) is 105 Å². The molecule has 0 N–H and O–H groups in total. The van der Waals surface area contributed by atoms with Crippen LogP contribution in [-0.2, 0) is 47.4 Å². The lowest BCUT2D eigenvalue weighted by atomic mass is 9.82. The van der Waals surface area contributed by atoms with E-state index < -0.39 is 6.04 Å². The predicted octanol–water partition coefficient (Wildman–Crippen LogP) is 9.80. The van der Waals surface area contributed by atoms with Crippen LogP contribution in [0.4, 0.5) is 0 Å². The van der Waals surface area contributed by atoms with E-state index in [1.807, 2.05) is 98.7 Å². The zero-order valence-corrected chi connectivity index (χ0v) is 47.0. The van der Waals surface area contributed by atoms with Gasteiger partial charge < -0.3 is 47.4 Å². The standard InChI is InChI=1S/C61H82N2O14/c1-36(27-70-38(3)29-72-40(5)31-74-42(7)33-76-44(9)35-77-43(8)34-75-41(6)32-73-39(4)30-71-37(2)28-69-25-24-68-10)63-60(66)52-22-18-48-46-16-20-50-56-51(59(65)62(58(50)64)26-45-14-12-11-13-15-45)21-17-47(54(46)56)49-19-23-53(61(63)67)57(52)55(48)49/h16-23,36-45H,11-15,24-35H2,1-10H3. The predicted molar refractivity (Wildman–Crippen MR) is 296 cm³/mol. The van der Waals surface area contributed by atoms with E-state index in [2.05, 4.69) is 0 Å². The van der Waals surface area contributed by atoms with E-state index in [1.54, 1.807) is 19.2 Å². The Bertz CT molecular complexity index is 2690. The van der Waals surface area contributed by atoms with Crippen molar-refractivity contribution in [1.82, 2.24) is 9.80 Å². The van der Waals surface area contributed by atoms with Gasteiger partial charge in [0.15, 0.2) is 0 Å². The first-order valence-electron chi connectivity index (χ1n) is 28.0. The Morgan fingerprint density at radius 3 is 1.08 bits per heavy atom. The van der Waals surface area contributed by atoms with Crippen LogP contribution in [0.1, 0.15) is 136 Å². The smallest absolute Gasteiger partial charge is 0.261 e. The van der Waals surface area contributed by atoms with Crippen LogP contribution in [0.3, 0.4) is 0 Å². The Kier molecular flexibility index (Phi) is 20.5. The number of nitrogens with zero attached hydrogens (tertiary/aromatic N) is 2. The normalized spacial score (nSPS) is 18.9. The summed E-state index contributed by atoms with van der Waals surface area (Å²) in [5, 5.41) is 6.43. The maximum atomic E-state index is 14.4. The number of benzene rings is 5. The quantitative estimate of drug-likeness (QED) is 0.0173. The fourth-order valence-corrected chi connectivity index (χ4v) is 10.8. The van der Waals surface area contributed by atoms with Gasteiger partial charge in [0.25, 0.3) is 23.6 Å². The van der Waals surface area contributed by atoms with Crippen molar-refractivity contribution in [1.29, 1.82) is 0 Å². The average Bonchev–Trinajstić information content (AvgIpc) is 3.49. The lowest BCUT2D eigenvalue weighted by Gasteiger charge is -2.33. The van der Waals surface area contributed by atoms with Crippen LogP contribution < -0.4 is 0 Å². The highest BCUT2D eigenvalue weighted by atomic mass is 16.6. The number of fused-ring (bicyclic) bond motifs is 2. The second-order valence-corrected chi connectivity index (χ2v) is 21.9. The highest BCUT2D eigenvalue weighted by molar-refractivity contribution is 6.41. The van der Waals surface area contributed by atoms with E-state index in [0.717, 1.165) is 58.0 Å². The fraction of sp³-hybridized carbons (Fsp3) is 0.607. The van der Waals surface area contributed by atoms with E-state index >= 15 is 0 Å². The van der Waals surface area contributed by atoms with Gasteiger partial charge in [0.05, 0.1) is 128 Å². The molecule has 0 aromatic heterocycles. The summed E-state index contributed by atoms with van der Waals surface area (Å²) < 4.78 is 58.5. The van der Waals surface area contributed by atoms with Gasteiger partial charge in [-0.25, -0.2) is 0 Å². The minimum absolute atomic E-state index is 0.0311. The molecule has 2 aliphatic heterocycles. The third kappa shape index (κ3) is 13.8. The number of carbonyl (C=O) groups excluding carboxylic acids is 4. The molecular formula is C61H82N2O14. The zero-order valence-electron chi connectivity index (χ0n) is 47.0. The van der Waals surface area contributed by atoms with Gasteiger partial charge in [-0.2, -0.15) is 0 Å². The van der Waals surface area contributed by atoms with E-state index in [-0.39, 0.29) is 85.7 Å². The maximum absolute atomic E-state index is 14.4. The van der Waals surface area contributed by atoms with Gasteiger partial charge in [-0.05, 0) is 138 Å². The van der Waals surface area contributed by atoms with E-state index in [1.165, 1.54) is 16.2 Å². The van der Waals surface area contributed by atoms with E-state index in [4.69, 9.17) is 47.4 Å². The number of rotatable bonds is 32. The molecule has 16 nitrogen and oxygen atoms in total. The summed E-state index contributed by atoms with van der Waals surface area (Å²) in [6.07, 6.45) is 4.32. The topological polar surface area (TPSA) is 167 Å². The van der Waals surface area contributed by atoms with Gasteiger partial charge >= 0.3 is 0 Å². The number of amides is 4. The molecule has 0 bridgehead atoms. The summed E-state index contributed by atoms with van der Waals surface area (Å²) >= 11 is 0. The van der Waals surface area contributed by atoms with Crippen molar-refractivity contribution in [2.24, 2.45) is 5.92 Å². The van der Waals surface area contributed by atoms with Gasteiger partial charge in [0.2, 0.25) is 0 Å². The Balaban J connectivity index is 0.753. The third-order valence-electron chi connectivity index (χ3n) is 15.1. The number of hydrogen-bond acceptors (Lipinski definition) is 14. The van der Waals surface area contributed by atoms with Crippen LogP contribution in [0.2, 0.25) is 0 Å². The summed E-state index contributed by atoms with van der Waals surface area (Å²) in [5.74, 6) is -0.926. The van der Waals surface area contributed by atoms with E-state index in [9.17, 15) is 19.2 Å². The van der Waals surface area contributed by atoms with Gasteiger partial charge in [0, 0.05) is 46.7 Å². The molecular weight excluding hydrogens is 985 g/mol. The Hall–Kier alpha value is -4.72. The zero-order chi connectivity index (χ0) is 54.9. The summed E-state index contributed by atoms with van der Waals surface area (Å²) in [6, 6.07) is 14.5. The van der Waals surface area contributed by atoms with Crippen LogP contribution in [0, 0.1) is 5.92 Å². The molecule has 0 spiro atoms. The molecule has 9 atom stereocenters. The highest BCUT2D eigenvalue weighted by Crippen LogP contribution is 2.46. The molecule has 5 aromatic carbocycles. The van der Waals surface area contributed by atoms with Crippen LogP contribution in [-0.4, -0.2) is 175 Å². The van der Waals surface area contributed by atoms with Gasteiger partial charge in [-0.15, -0.1) is 0 Å². The molecule has 420 valence electrons. The summed E-state index contributed by atoms with van der Waals surface area (Å²) in [4.78, 5) is 59.6. The first-order valence-corrected chi connectivity index (χ1v) is 28.0. The molecule has 1 saturated carbocycles. The van der Waals surface area contributed by atoms with Crippen molar-refractivity contribution < 1.29 is 66.5 Å². The average molecular weight is 1070 g/mol. The first-order chi connectivity index (χ1) is 37.1. The SMILES string of the molecule is COCCOCC(C)OCC(C)OCC(C)OCC(C)OCC(C)OCC(C)OCC(C)OCC(C)OCC(C)N1C(=O)c2ccc3c4ccc5c6c(ccc(c7ccc(c2c37)C1=O)c64)C(=O)N(CC1CCCCC1)C5=O. The van der Waals surface area contributed by atoms with Crippen molar-refractivity contribution in [2.45, 2.75) is 149 Å². The first kappa shape index (κ1) is 58.4. The highest BCUT2D eigenvalue weighted by Gasteiger charge is 2.39. The largest absolute Gasteiger partial charge is 0.382 e. The minimum atomic E-state index is -0.564. The molecule has 16 heteroatoms. The van der Waals surface area contributed by atoms with Crippen molar-refractivity contribution in [3.63, 3.8) is 0 Å². The van der Waals surface area contributed by atoms with Crippen molar-refractivity contribution in [3.8, 4) is 0 Å². The molecule has 5 aromatic rings. The number of imide groups is 2. The molecule has 3 aliphatic rings. The number of hydrogen-bond donors (Lipinski definition) is 0. The molecule has 8 rings (SSSR count). The number of ether oxygens (including phenoxy) is 10. The Labute approximate surface area is 453 Å². The molecule has 9 unspecified atom stereocenters. The van der Waals surface area contributed by atoms with Gasteiger partial charge in [0.1, 0.15) is 0 Å². The molecule has 77 heavy (non-hydrogen) atoms. The Morgan fingerprint density at radius 2 is 0.727 bits per heavy atom. The molecule has 2 heterocycles. The number of carbonyl (C=O) groups is 4. The van der Waals surface area contributed by atoms with Crippen LogP contribution in [0.15, 0.2) is 48.5 Å². The monoisotopic (exact) mass is 1070 g/mol. The lowest BCUT2D eigenvalue weighted by molar-refractivity contribution is -0.110. The van der Waals surface area contributed by atoms with Gasteiger partial charge in [-0.1, -0.05) is 43.5 Å². The summed E-state index contributed by atoms with van der Waals surface area (Å²) in [5.41, 5.74) is 1.96. The maximum Gasteiger partial charge on any atom is 0.261 e. The summed E-state index contributed by atoms with van der Waals surface area (Å²) in [6.45, 7) is 22.4.